The molecular formula is C49H96ClN5O20. The van der Waals surface area contributed by atoms with Gasteiger partial charge in [0.15, 0.2) is 5.78 Å². The fourth-order valence-electron chi connectivity index (χ4n) is 5.46. The summed E-state index contributed by atoms with van der Waals surface area (Å²) in [6.45, 7) is 18.1. The van der Waals surface area contributed by atoms with Gasteiger partial charge in [0.2, 0.25) is 5.91 Å². The van der Waals surface area contributed by atoms with E-state index in [0.717, 1.165) is 0 Å². The molecule has 0 unspecified atom stereocenters. The molecule has 0 rings (SSSR count). The van der Waals surface area contributed by atoms with Gasteiger partial charge in [0, 0.05) is 52.0 Å². The average molecular weight is 1110 g/mol. The van der Waals surface area contributed by atoms with Crippen LogP contribution in [0.3, 0.4) is 0 Å². The standard InChI is InChI=1S/C42H82N4O18.C7H13NO2.ClH/c1-42(2,3)64-41(50)46-63-35-34-61-32-33-62-36-40(49)45-38(39(48)7-5-13-52-17-21-56-25-29-60-31-27-58-23-19-54-15-11-44)9-8-37(47)6-4-12-51-16-20-55-24-28-59-30-26-57-22-18-53-14-10-43;1-5(9)3-4-7(8)6(2)10;/h38H,4-36,43-44H2,1-3H3,(H,45,49)(H,46,50);7H,3-4,8H2,1-2H3;1H/t38-;7-;/m11./s1. The van der Waals surface area contributed by atoms with Crippen molar-refractivity contribution in [3.63, 3.8) is 0 Å². The number of hydroxylamine groups is 1. The van der Waals surface area contributed by atoms with E-state index in [2.05, 4.69) is 10.8 Å². The molecule has 0 saturated carbocycles. The largest absolute Gasteiger partial charge is 0.442 e. The van der Waals surface area contributed by atoms with Crippen molar-refractivity contribution in [1.82, 2.24) is 10.8 Å². The van der Waals surface area contributed by atoms with Crippen LogP contribution in [0.5, 0.6) is 0 Å². The van der Waals surface area contributed by atoms with Crippen molar-refractivity contribution in [1.29, 1.82) is 0 Å². The maximum atomic E-state index is 13.2. The first-order valence-corrected chi connectivity index (χ1v) is 25.7. The zero-order chi connectivity index (χ0) is 55.2. The van der Waals surface area contributed by atoms with Crippen molar-refractivity contribution >= 4 is 47.5 Å². The first-order chi connectivity index (χ1) is 35.6. The van der Waals surface area contributed by atoms with Gasteiger partial charge in [0.25, 0.3) is 0 Å². The highest BCUT2D eigenvalue weighted by molar-refractivity contribution is 5.90. The Bertz CT molecular complexity index is 1370. The van der Waals surface area contributed by atoms with Crippen molar-refractivity contribution in [2.24, 2.45) is 17.2 Å². The Labute approximate surface area is 451 Å². The molecule has 2 atom stereocenters. The minimum Gasteiger partial charge on any atom is -0.442 e. The summed E-state index contributed by atoms with van der Waals surface area (Å²) in [4.78, 5) is 76.1. The number of nitrogens with two attached hydrogens (primary N) is 3. The lowest BCUT2D eigenvalue weighted by Gasteiger charge is -2.19. The lowest BCUT2D eigenvalue weighted by atomic mass is 10.00. The number of carbonyl (C=O) groups is 6. The van der Waals surface area contributed by atoms with E-state index in [1.54, 1.807) is 20.8 Å². The van der Waals surface area contributed by atoms with Gasteiger partial charge in [-0.1, -0.05) is 0 Å². The third-order valence-corrected chi connectivity index (χ3v) is 9.21. The van der Waals surface area contributed by atoms with E-state index in [-0.39, 0.29) is 94.3 Å². The molecule has 0 aliphatic heterocycles. The molecule has 25 nitrogen and oxygen atoms in total. The molecule has 0 aliphatic rings. The number of nitrogens with one attached hydrogen (secondary N) is 2. The van der Waals surface area contributed by atoms with Crippen LogP contribution in [0.1, 0.15) is 86.0 Å². The van der Waals surface area contributed by atoms with Crippen LogP contribution >= 0.6 is 12.4 Å². The number of hydrogen-bond donors (Lipinski definition) is 5. The van der Waals surface area contributed by atoms with Crippen molar-refractivity contribution in [3.05, 3.63) is 0 Å². The SMILES string of the molecule is CC(=O)CC[C@@H](N)C(C)=O.CC(C)(C)OC(=O)NOCCOCCOCC(=O)N[C@H](CCC(=O)CCCOCCOCCOCCOCCOCCN)C(=O)CCCOCCOCCOCCOCCOCCN.Cl. The average Bonchev–Trinajstić information content (AvgIpc) is 3.35. The van der Waals surface area contributed by atoms with Crippen LogP contribution in [0.2, 0.25) is 0 Å². The Hall–Kier alpha value is -2.93. The second-order valence-corrected chi connectivity index (χ2v) is 17.1. The van der Waals surface area contributed by atoms with Crippen LogP contribution in [0.15, 0.2) is 0 Å². The topological polar surface area (TPSA) is 334 Å². The summed E-state index contributed by atoms with van der Waals surface area (Å²) >= 11 is 0. The summed E-state index contributed by atoms with van der Waals surface area (Å²) in [5.41, 5.74) is 17.6. The van der Waals surface area contributed by atoms with Crippen LogP contribution in [0, 0.1) is 0 Å². The van der Waals surface area contributed by atoms with E-state index >= 15 is 0 Å². The van der Waals surface area contributed by atoms with E-state index in [9.17, 15) is 28.8 Å². The number of ketones is 4. The van der Waals surface area contributed by atoms with E-state index in [0.29, 0.717) is 171 Å². The highest BCUT2D eigenvalue weighted by Crippen LogP contribution is 2.09. The summed E-state index contributed by atoms with van der Waals surface area (Å²) < 4.78 is 70.1. The molecule has 26 heteroatoms. The van der Waals surface area contributed by atoms with Crippen LogP contribution in [-0.4, -0.2) is 231 Å². The molecule has 444 valence electrons. The highest BCUT2D eigenvalue weighted by atomic mass is 35.5. The molecule has 0 aliphatic carbocycles. The fraction of sp³-hybridized carbons (Fsp3) is 0.878. The number of carbonyl (C=O) groups excluding carboxylic acids is 6. The molecular weight excluding hydrogens is 1010 g/mol. The Morgan fingerprint density at radius 2 is 0.840 bits per heavy atom. The van der Waals surface area contributed by atoms with E-state index in [1.165, 1.54) is 13.8 Å². The van der Waals surface area contributed by atoms with Gasteiger partial charge in [-0.25, -0.2) is 4.79 Å². The Morgan fingerprint density at radius 3 is 1.23 bits per heavy atom. The maximum Gasteiger partial charge on any atom is 0.431 e. The van der Waals surface area contributed by atoms with E-state index in [4.69, 9.17) is 83.6 Å². The molecule has 0 aromatic heterocycles. The molecule has 0 heterocycles. The second-order valence-electron chi connectivity index (χ2n) is 17.1. The Morgan fingerprint density at radius 1 is 0.467 bits per heavy atom. The van der Waals surface area contributed by atoms with Crippen LogP contribution in [-0.2, 0) is 90.4 Å². The molecule has 0 fully saturated rings. The monoisotopic (exact) mass is 1110 g/mol. The predicted octanol–water partition coefficient (Wildman–Crippen LogP) is 1.22. The fourth-order valence-corrected chi connectivity index (χ4v) is 5.46. The Kier molecular flexibility index (Phi) is 58.2. The van der Waals surface area contributed by atoms with Gasteiger partial charge in [-0.3, -0.25) is 24.0 Å². The van der Waals surface area contributed by atoms with Gasteiger partial charge in [0.1, 0.15) is 29.6 Å². The number of halogens is 1. The zero-order valence-electron chi connectivity index (χ0n) is 45.7. The molecule has 75 heavy (non-hydrogen) atoms. The van der Waals surface area contributed by atoms with Gasteiger partial charge in [-0.15, -0.1) is 12.4 Å². The second kappa shape index (κ2) is 57.3. The smallest absolute Gasteiger partial charge is 0.431 e. The van der Waals surface area contributed by atoms with Crippen LogP contribution in [0.25, 0.3) is 0 Å². The summed E-state index contributed by atoms with van der Waals surface area (Å²) in [6.07, 6.45) is 1.81. The van der Waals surface area contributed by atoms with E-state index in [1.807, 2.05) is 0 Å². The molecule has 0 aromatic rings. The normalized spacial score (nSPS) is 12.0. The number of rotatable bonds is 54. The van der Waals surface area contributed by atoms with Crippen molar-refractivity contribution < 1.29 is 95.2 Å². The van der Waals surface area contributed by atoms with Crippen LogP contribution in [0.4, 0.5) is 4.79 Å². The molecule has 0 spiro atoms. The quantitative estimate of drug-likeness (QED) is 0.0422. The van der Waals surface area contributed by atoms with Gasteiger partial charge >= 0.3 is 6.09 Å². The maximum absolute atomic E-state index is 13.2. The van der Waals surface area contributed by atoms with Gasteiger partial charge in [0.05, 0.1) is 157 Å². The number of Topliss-reactive ketones (excluding diaryl/α,β-unsaturated/α-hetero) is 4. The number of ether oxygens (including phenoxy) is 13. The number of hydrogen-bond acceptors (Lipinski definition) is 23. The Balaban J connectivity index is -0.00000422. The molecule has 8 N–H and O–H groups in total. The lowest BCUT2D eigenvalue weighted by molar-refractivity contribution is -0.131. The molecule has 0 aromatic carbocycles. The predicted molar refractivity (Wildman–Crippen MR) is 279 cm³/mol. The minimum absolute atomic E-state index is 0. The van der Waals surface area contributed by atoms with Crippen molar-refractivity contribution in [2.45, 2.75) is 104 Å². The molecule has 0 bridgehead atoms. The summed E-state index contributed by atoms with van der Waals surface area (Å²) in [5, 5.41) is 2.72. The van der Waals surface area contributed by atoms with Gasteiger partial charge in [-0.2, -0.15) is 5.48 Å². The lowest BCUT2D eigenvalue weighted by Crippen LogP contribution is -2.43. The molecule has 2 amide bonds. The summed E-state index contributed by atoms with van der Waals surface area (Å²) in [7, 11) is 0. The molecule has 0 saturated heterocycles. The van der Waals surface area contributed by atoms with Crippen molar-refractivity contribution in [3.8, 4) is 0 Å². The first-order valence-electron chi connectivity index (χ1n) is 25.7. The third-order valence-electron chi connectivity index (χ3n) is 9.21. The molecule has 0 radical (unpaired) electrons. The summed E-state index contributed by atoms with van der Waals surface area (Å²) in [6, 6.07) is -1.32. The highest BCUT2D eigenvalue weighted by Gasteiger charge is 2.22. The summed E-state index contributed by atoms with van der Waals surface area (Å²) in [5.74, 6) is -0.719. The number of amides is 2. The van der Waals surface area contributed by atoms with E-state index < -0.39 is 29.7 Å². The van der Waals surface area contributed by atoms with Gasteiger partial charge < -0.3 is 88.9 Å². The van der Waals surface area contributed by atoms with Crippen molar-refractivity contribution in [2.75, 3.05) is 178 Å². The van der Waals surface area contributed by atoms with Crippen LogP contribution < -0.4 is 28.0 Å². The minimum atomic E-state index is -0.866. The van der Waals surface area contributed by atoms with Gasteiger partial charge in [-0.05, 0) is 60.3 Å². The zero-order valence-corrected chi connectivity index (χ0v) is 46.5. The third kappa shape index (κ3) is 61.8. The first kappa shape index (κ1) is 76.3.